The van der Waals surface area contributed by atoms with Crippen molar-refractivity contribution >= 4 is 23.4 Å². The number of carbonyl (C=O) groups excluding carboxylic acids is 1. The van der Waals surface area contributed by atoms with E-state index >= 15 is 0 Å². The van der Waals surface area contributed by atoms with E-state index in [9.17, 15) is 9.18 Å². The molecule has 1 amide bonds. The molecule has 4 nitrogen and oxygen atoms in total. The molecule has 3 aromatic carbocycles. The zero-order valence-corrected chi connectivity index (χ0v) is 17.1. The Labute approximate surface area is 178 Å². The van der Waals surface area contributed by atoms with E-state index in [2.05, 4.69) is 22.4 Å². The quantitative estimate of drug-likeness (QED) is 0.372. The molecule has 30 heavy (non-hydrogen) atoms. The van der Waals surface area contributed by atoms with Gasteiger partial charge in [-0.2, -0.15) is 0 Å². The lowest BCUT2D eigenvalue weighted by molar-refractivity contribution is 0.102. The fraction of sp³-hybridized carbons (Fsp3) is 0.0833. The number of hydrogen-bond acceptors (Lipinski definition) is 4. The third kappa shape index (κ3) is 4.78. The highest BCUT2D eigenvalue weighted by Crippen LogP contribution is 2.27. The molecule has 0 spiro atoms. The van der Waals surface area contributed by atoms with Crippen LogP contribution in [0, 0.1) is 12.7 Å². The normalized spacial score (nSPS) is 10.7. The van der Waals surface area contributed by atoms with Crippen LogP contribution < -0.4 is 5.32 Å². The number of aryl methyl sites for hydroxylation is 1. The van der Waals surface area contributed by atoms with E-state index in [1.807, 2.05) is 25.1 Å². The van der Waals surface area contributed by atoms with Gasteiger partial charge >= 0.3 is 0 Å². The molecule has 0 unspecified atom stereocenters. The van der Waals surface area contributed by atoms with E-state index in [1.54, 1.807) is 48.2 Å². The highest BCUT2D eigenvalue weighted by molar-refractivity contribution is 7.98. The van der Waals surface area contributed by atoms with Crippen molar-refractivity contribution in [3.63, 3.8) is 0 Å². The van der Waals surface area contributed by atoms with Crippen molar-refractivity contribution in [1.82, 2.24) is 4.98 Å². The van der Waals surface area contributed by atoms with Gasteiger partial charge in [-0.25, -0.2) is 9.37 Å². The van der Waals surface area contributed by atoms with Crippen molar-refractivity contribution in [3.05, 3.63) is 102 Å². The number of amides is 1. The zero-order chi connectivity index (χ0) is 20.9. The summed E-state index contributed by atoms with van der Waals surface area (Å²) in [6, 6.07) is 22.9. The van der Waals surface area contributed by atoms with Crippen LogP contribution in [-0.2, 0) is 5.75 Å². The predicted molar refractivity (Wildman–Crippen MR) is 117 cm³/mol. The van der Waals surface area contributed by atoms with Gasteiger partial charge in [0, 0.05) is 27.5 Å². The van der Waals surface area contributed by atoms with Crippen LogP contribution in [0.4, 0.5) is 10.1 Å². The van der Waals surface area contributed by atoms with Gasteiger partial charge in [-0.1, -0.05) is 24.3 Å². The first-order chi connectivity index (χ1) is 14.6. The van der Waals surface area contributed by atoms with Gasteiger partial charge in [0.25, 0.3) is 5.91 Å². The van der Waals surface area contributed by atoms with Crippen LogP contribution in [0.15, 0.2) is 88.2 Å². The van der Waals surface area contributed by atoms with Gasteiger partial charge in [-0.05, 0) is 61.5 Å². The number of carbonyl (C=O) groups is 1. The molecule has 0 fully saturated rings. The van der Waals surface area contributed by atoms with Crippen LogP contribution >= 0.6 is 11.8 Å². The Morgan fingerprint density at radius 1 is 1.03 bits per heavy atom. The minimum absolute atomic E-state index is 0.310. The number of nitrogens with zero attached hydrogens (tertiary/aromatic N) is 1. The summed E-state index contributed by atoms with van der Waals surface area (Å²) in [5.41, 5.74) is 2.56. The van der Waals surface area contributed by atoms with Crippen LogP contribution in [0.5, 0.6) is 0 Å². The first kappa shape index (κ1) is 19.9. The van der Waals surface area contributed by atoms with E-state index in [0.29, 0.717) is 22.9 Å². The monoisotopic (exact) mass is 418 g/mol. The Kier molecular flexibility index (Phi) is 5.95. The van der Waals surface area contributed by atoms with Crippen molar-refractivity contribution in [1.29, 1.82) is 0 Å². The van der Waals surface area contributed by atoms with Crippen molar-refractivity contribution in [2.45, 2.75) is 17.6 Å². The molecule has 0 aliphatic carbocycles. The van der Waals surface area contributed by atoms with Gasteiger partial charge in [-0.15, -0.1) is 11.8 Å². The Morgan fingerprint density at radius 2 is 1.80 bits per heavy atom. The van der Waals surface area contributed by atoms with Crippen molar-refractivity contribution < 1.29 is 13.6 Å². The topological polar surface area (TPSA) is 55.1 Å². The van der Waals surface area contributed by atoms with E-state index < -0.39 is 5.82 Å². The Balaban J connectivity index is 1.44. The Bertz CT molecular complexity index is 1160. The summed E-state index contributed by atoms with van der Waals surface area (Å²) in [6.07, 6.45) is 0. The van der Waals surface area contributed by atoms with E-state index in [-0.39, 0.29) is 5.91 Å². The molecule has 0 bridgehead atoms. The molecule has 4 rings (SSSR count). The van der Waals surface area contributed by atoms with Gasteiger partial charge in [0.15, 0.2) is 0 Å². The van der Waals surface area contributed by atoms with Crippen LogP contribution in [0.1, 0.15) is 21.8 Å². The number of anilines is 1. The molecule has 0 aliphatic heterocycles. The summed E-state index contributed by atoms with van der Waals surface area (Å²) >= 11 is 1.70. The Morgan fingerprint density at radius 3 is 2.53 bits per heavy atom. The molecule has 0 aliphatic rings. The van der Waals surface area contributed by atoms with E-state index in [0.717, 1.165) is 17.0 Å². The lowest BCUT2D eigenvalue weighted by atomic mass is 10.1. The number of thioether (sulfide) groups is 1. The van der Waals surface area contributed by atoms with Crippen molar-refractivity contribution in [2.75, 3.05) is 5.32 Å². The van der Waals surface area contributed by atoms with E-state index in [4.69, 9.17) is 4.42 Å². The summed E-state index contributed by atoms with van der Waals surface area (Å²) < 4.78 is 19.1. The van der Waals surface area contributed by atoms with Gasteiger partial charge < -0.3 is 9.73 Å². The molecule has 0 radical (unpaired) electrons. The van der Waals surface area contributed by atoms with Gasteiger partial charge in [0.2, 0.25) is 5.89 Å². The Hall–Kier alpha value is -3.38. The number of hydrogen-bond donors (Lipinski definition) is 1. The summed E-state index contributed by atoms with van der Waals surface area (Å²) in [5, 5.41) is 2.68. The van der Waals surface area contributed by atoms with E-state index in [1.165, 1.54) is 17.0 Å². The fourth-order valence-corrected chi connectivity index (χ4v) is 3.81. The second kappa shape index (κ2) is 8.97. The number of benzene rings is 3. The second-order valence-electron chi connectivity index (χ2n) is 6.67. The SMILES string of the molecule is Cc1oc(-c2ccc(C(=O)Nc3cccc(F)c3)cc2)nc1CSc1ccccc1. The molecule has 1 N–H and O–H groups in total. The van der Waals surface area contributed by atoms with Crippen molar-refractivity contribution in [3.8, 4) is 11.5 Å². The number of halogens is 1. The number of oxazole rings is 1. The standard InChI is InChI=1S/C24H19FN2O2S/c1-16-22(15-30-21-8-3-2-4-9-21)27-24(29-16)18-12-10-17(11-13-18)23(28)26-20-7-5-6-19(25)14-20/h2-14H,15H2,1H3,(H,26,28). The molecule has 0 saturated carbocycles. The molecule has 0 saturated heterocycles. The predicted octanol–water partition coefficient (Wildman–Crippen LogP) is 6.33. The van der Waals surface area contributed by atoms with Crippen LogP contribution in [-0.4, -0.2) is 10.9 Å². The summed E-state index contributed by atoms with van der Waals surface area (Å²) in [7, 11) is 0. The number of nitrogens with one attached hydrogen (secondary N) is 1. The first-order valence-electron chi connectivity index (χ1n) is 9.40. The molecular weight excluding hydrogens is 399 g/mol. The second-order valence-corrected chi connectivity index (χ2v) is 7.71. The highest BCUT2D eigenvalue weighted by Gasteiger charge is 2.13. The largest absolute Gasteiger partial charge is 0.441 e. The molecule has 1 aromatic heterocycles. The van der Waals surface area contributed by atoms with Gasteiger partial charge in [0.05, 0.1) is 5.69 Å². The van der Waals surface area contributed by atoms with Crippen LogP contribution in [0.3, 0.4) is 0 Å². The molecular formula is C24H19FN2O2S. The lowest BCUT2D eigenvalue weighted by Crippen LogP contribution is -2.11. The first-order valence-corrected chi connectivity index (χ1v) is 10.4. The molecule has 0 atom stereocenters. The van der Waals surface area contributed by atoms with Gasteiger partial charge in [-0.3, -0.25) is 4.79 Å². The maximum atomic E-state index is 13.3. The third-order valence-corrected chi connectivity index (χ3v) is 5.51. The number of aromatic nitrogens is 1. The molecule has 4 aromatic rings. The van der Waals surface area contributed by atoms with Crippen LogP contribution in [0.25, 0.3) is 11.5 Å². The van der Waals surface area contributed by atoms with Gasteiger partial charge in [0.1, 0.15) is 11.6 Å². The maximum absolute atomic E-state index is 13.3. The average molecular weight is 418 g/mol. The fourth-order valence-electron chi connectivity index (χ4n) is 2.89. The zero-order valence-electron chi connectivity index (χ0n) is 16.3. The van der Waals surface area contributed by atoms with Crippen LogP contribution in [0.2, 0.25) is 0 Å². The smallest absolute Gasteiger partial charge is 0.255 e. The molecule has 6 heteroatoms. The highest BCUT2D eigenvalue weighted by atomic mass is 32.2. The third-order valence-electron chi connectivity index (χ3n) is 4.49. The average Bonchev–Trinajstić information content (AvgIpc) is 3.14. The van der Waals surface area contributed by atoms with Crippen molar-refractivity contribution in [2.24, 2.45) is 0 Å². The molecule has 1 heterocycles. The maximum Gasteiger partial charge on any atom is 0.255 e. The molecule has 150 valence electrons. The summed E-state index contributed by atoms with van der Waals surface area (Å²) in [4.78, 5) is 18.2. The minimum Gasteiger partial charge on any atom is -0.441 e. The summed E-state index contributed by atoms with van der Waals surface area (Å²) in [5.74, 6) is 1.31. The number of rotatable bonds is 6. The lowest BCUT2D eigenvalue weighted by Gasteiger charge is -2.05. The minimum atomic E-state index is -0.399. The summed E-state index contributed by atoms with van der Waals surface area (Å²) in [6.45, 7) is 1.90.